The number of halogens is 1. The van der Waals surface area contributed by atoms with Crippen molar-refractivity contribution in [3.05, 3.63) is 15.9 Å². The number of aliphatic hydroxyl groups excluding tert-OH is 1. The van der Waals surface area contributed by atoms with Gasteiger partial charge in [-0.3, -0.25) is 5.10 Å². The maximum Gasteiger partial charge on any atom is 0.191 e. The Hall–Kier alpha value is -0.173. The molecule has 0 radical (unpaired) electrons. The Morgan fingerprint density at radius 1 is 1.42 bits per heavy atom. The van der Waals surface area contributed by atoms with E-state index in [1.54, 1.807) is 0 Å². The Kier molecular flexibility index (Phi) is 5.40. The number of aromatic amines is 1. The lowest BCUT2D eigenvalue weighted by molar-refractivity contribution is 0.132. The number of nitrogens with one attached hydrogen (secondary N) is 1. The van der Waals surface area contributed by atoms with Crippen LogP contribution in [0, 0.1) is 6.92 Å². The van der Waals surface area contributed by atoms with Crippen molar-refractivity contribution in [2.75, 3.05) is 6.61 Å². The first kappa shape index (κ1) is 16.9. The molecule has 2 N–H and O–H groups in total. The summed E-state index contributed by atoms with van der Waals surface area (Å²) >= 11 is 3.43. The van der Waals surface area contributed by atoms with Crippen LogP contribution in [0.1, 0.15) is 44.7 Å². The summed E-state index contributed by atoms with van der Waals surface area (Å²) < 4.78 is 6.91. The minimum atomic E-state index is -1.73. The number of nitrogens with zero attached hydrogens (tertiary/aromatic N) is 1. The smallest absolute Gasteiger partial charge is 0.191 e. The van der Waals surface area contributed by atoms with Crippen molar-refractivity contribution >= 4 is 24.2 Å². The maximum atomic E-state index is 10.1. The van der Waals surface area contributed by atoms with Gasteiger partial charge in [0.2, 0.25) is 0 Å². The minimum Gasteiger partial charge on any atom is -0.417 e. The molecule has 0 spiro atoms. The van der Waals surface area contributed by atoms with Gasteiger partial charge in [0.1, 0.15) is 11.8 Å². The SMILES string of the molecule is Cc1[nH]nc([C@H](O)CCO[Si](C)(C)C(C)(C)C)c1Br. The van der Waals surface area contributed by atoms with E-state index in [1.807, 2.05) is 6.92 Å². The summed E-state index contributed by atoms with van der Waals surface area (Å²) in [4.78, 5) is 0. The van der Waals surface area contributed by atoms with Crippen molar-refractivity contribution in [2.45, 2.75) is 58.4 Å². The molecule has 19 heavy (non-hydrogen) atoms. The van der Waals surface area contributed by atoms with E-state index in [-0.39, 0.29) is 5.04 Å². The van der Waals surface area contributed by atoms with Gasteiger partial charge in [0.15, 0.2) is 8.32 Å². The molecule has 0 fully saturated rings. The molecule has 0 aliphatic carbocycles. The topological polar surface area (TPSA) is 58.1 Å². The molecule has 0 aromatic carbocycles. The molecule has 4 nitrogen and oxygen atoms in total. The molecule has 0 bridgehead atoms. The van der Waals surface area contributed by atoms with Crippen LogP contribution >= 0.6 is 15.9 Å². The molecular formula is C13H25BrN2O2Si. The number of aromatic nitrogens is 2. The average molecular weight is 349 g/mol. The molecule has 0 saturated carbocycles. The fraction of sp³-hybridized carbons (Fsp3) is 0.769. The zero-order valence-electron chi connectivity index (χ0n) is 12.7. The first-order valence-electron chi connectivity index (χ1n) is 6.58. The van der Waals surface area contributed by atoms with Crippen molar-refractivity contribution < 1.29 is 9.53 Å². The summed E-state index contributed by atoms with van der Waals surface area (Å²) in [5.74, 6) is 0. The molecule has 1 heterocycles. The minimum absolute atomic E-state index is 0.196. The van der Waals surface area contributed by atoms with E-state index in [4.69, 9.17) is 4.43 Å². The number of aliphatic hydroxyl groups is 1. The highest BCUT2D eigenvalue weighted by atomic mass is 79.9. The van der Waals surface area contributed by atoms with Crippen LogP contribution in [0.3, 0.4) is 0 Å². The van der Waals surface area contributed by atoms with Gasteiger partial charge in [-0.1, -0.05) is 20.8 Å². The zero-order valence-corrected chi connectivity index (χ0v) is 15.3. The van der Waals surface area contributed by atoms with E-state index in [1.165, 1.54) is 0 Å². The number of hydrogen-bond acceptors (Lipinski definition) is 3. The van der Waals surface area contributed by atoms with E-state index < -0.39 is 14.4 Å². The highest BCUT2D eigenvalue weighted by molar-refractivity contribution is 9.10. The summed E-state index contributed by atoms with van der Waals surface area (Å²) in [6.45, 7) is 13.5. The van der Waals surface area contributed by atoms with Gasteiger partial charge in [0.25, 0.3) is 0 Å². The van der Waals surface area contributed by atoms with Crippen LogP contribution in [0.15, 0.2) is 4.47 Å². The fourth-order valence-electron chi connectivity index (χ4n) is 1.43. The van der Waals surface area contributed by atoms with Gasteiger partial charge in [-0.25, -0.2) is 0 Å². The van der Waals surface area contributed by atoms with Gasteiger partial charge in [-0.05, 0) is 41.0 Å². The summed E-state index contributed by atoms with van der Waals surface area (Å²) in [5.41, 5.74) is 1.59. The van der Waals surface area contributed by atoms with E-state index in [2.05, 4.69) is 60.0 Å². The van der Waals surface area contributed by atoms with Gasteiger partial charge in [-0.15, -0.1) is 0 Å². The van der Waals surface area contributed by atoms with Gasteiger partial charge >= 0.3 is 0 Å². The van der Waals surface area contributed by atoms with Crippen molar-refractivity contribution in [1.82, 2.24) is 10.2 Å². The highest BCUT2D eigenvalue weighted by Gasteiger charge is 2.37. The summed E-state index contributed by atoms with van der Waals surface area (Å²) in [5, 5.41) is 17.3. The molecule has 0 amide bonds. The highest BCUT2D eigenvalue weighted by Crippen LogP contribution is 2.37. The summed E-state index contributed by atoms with van der Waals surface area (Å²) in [6.07, 6.45) is -0.0285. The lowest BCUT2D eigenvalue weighted by Crippen LogP contribution is -2.41. The molecule has 1 aromatic heterocycles. The van der Waals surface area contributed by atoms with Gasteiger partial charge in [-0.2, -0.15) is 5.10 Å². The second-order valence-corrected chi connectivity index (χ2v) is 12.1. The van der Waals surface area contributed by atoms with Crippen molar-refractivity contribution in [3.63, 3.8) is 0 Å². The van der Waals surface area contributed by atoms with E-state index in [0.717, 1.165) is 10.2 Å². The van der Waals surface area contributed by atoms with E-state index in [9.17, 15) is 5.11 Å². The normalized spacial score (nSPS) is 14.7. The third kappa shape index (κ3) is 4.14. The third-order valence-electron chi connectivity index (χ3n) is 3.87. The molecule has 0 saturated heterocycles. The van der Waals surface area contributed by atoms with Crippen LogP contribution in [-0.4, -0.2) is 30.2 Å². The quantitative estimate of drug-likeness (QED) is 0.792. The van der Waals surface area contributed by atoms with Crippen molar-refractivity contribution in [2.24, 2.45) is 0 Å². The predicted molar refractivity (Wildman–Crippen MR) is 83.8 cm³/mol. The molecule has 1 aromatic rings. The molecule has 0 aliphatic heterocycles. The van der Waals surface area contributed by atoms with Gasteiger partial charge in [0, 0.05) is 18.7 Å². The molecule has 6 heteroatoms. The van der Waals surface area contributed by atoms with Gasteiger partial charge in [0.05, 0.1) is 4.47 Å². The fourth-order valence-corrected chi connectivity index (χ4v) is 2.94. The van der Waals surface area contributed by atoms with Crippen LogP contribution in [-0.2, 0) is 4.43 Å². The molecule has 0 unspecified atom stereocenters. The van der Waals surface area contributed by atoms with Crippen LogP contribution in [0.5, 0.6) is 0 Å². The lowest BCUT2D eigenvalue weighted by Gasteiger charge is -2.36. The summed E-state index contributed by atoms with van der Waals surface area (Å²) in [7, 11) is -1.73. The molecule has 110 valence electrons. The largest absolute Gasteiger partial charge is 0.417 e. The second kappa shape index (κ2) is 6.07. The molecular weight excluding hydrogens is 324 g/mol. The maximum absolute atomic E-state index is 10.1. The predicted octanol–water partition coefficient (Wildman–Crippen LogP) is 3.93. The monoisotopic (exact) mass is 348 g/mol. The number of rotatable bonds is 5. The second-order valence-electron chi connectivity index (χ2n) is 6.46. The third-order valence-corrected chi connectivity index (χ3v) is 9.41. The Bertz CT molecular complexity index is 427. The van der Waals surface area contributed by atoms with Crippen LogP contribution in [0.4, 0.5) is 0 Å². The molecule has 0 aliphatic rings. The number of H-pyrrole nitrogens is 1. The first-order chi connectivity index (χ1) is 8.56. The van der Waals surface area contributed by atoms with Crippen LogP contribution < -0.4 is 0 Å². The zero-order chi connectivity index (χ0) is 14.8. The lowest BCUT2D eigenvalue weighted by atomic mass is 10.2. The summed E-state index contributed by atoms with van der Waals surface area (Å²) in [6, 6.07) is 0. The van der Waals surface area contributed by atoms with Crippen molar-refractivity contribution in [3.8, 4) is 0 Å². The Morgan fingerprint density at radius 2 is 2.00 bits per heavy atom. The van der Waals surface area contributed by atoms with E-state index >= 15 is 0 Å². The van der Waals surface area contributed by atoms with E-state index in [0.29, 0.717) is 18.7 Å². The average Bonchev–Trinajstić information content (AvgIpc) is 2.57. The Morgan fingerprint density at radius 3 is 2.42 bits per heavy atom. The van der Waals surface area contributed by atoms with Crippen molar-refractivity contribution in [1.29, 1.82) is 0 Å². The first-order valence-corrected chi connectivity index (χ1v) is 10.3. The van der Waals surface area contributed by atoms with Gasteiger partial charge < -0.3 is 9.53 Å². The number of aryl methyl sites for hydroxylation is 1. The van der Waals surface area contributed by atoms with Crippen LogP contribution in [0.25, 0.3) is 0 Å². The standard InChI is InChI=1S/C13H25BrN2O2Si/c1-9-11(14)12(16-15-9)10(17)7-8-18-19(5,6)13(2,3)4/h10,17H,7-8H2,1-6H3,(H,15,16)/t10-/m1/s1. The Balaban J connectivity index is 2.52. The van der Waals surface area contributed by atoms with Crippen LogP contribution in [0.2, 0.25) is 18.1 Å². The molecule has 1 atom stereocenters. The number of hydrogen-bond donors (Lipinski definition) is 2. The Labute approximate surface area is 125 Å². The molecule has 1 rings (SSSR count).